The first kappa shape index (κ1) is 10.2. The largest absolute Gasteiger partial charge is 0.478 e. The van der Waals surface area contributed by atoms with Gasteiger partial charge in [0.1, 0.15) is 5.82 Å². The van der Waals surface area contributed by atoms with E-state index in [2.05, 4.69) is 15.0 Å². The molecule has 0 radical (unpaired) electrons. The Kier molecular flexibility index (Phi) is 2.86. The Morgan fingerprint density at radius 1 is 1.19 bits per heavy atom. The number of hydrogen-bond donors (Lipinski definition) is 1. The third-order valence-corrected chi connectivity index (χ3v) is 2.06. The summed E-state index contributed by atoms with van der Waals surface area (Å²) in [6.07, 6.45) is 6.59. The maximum atomic E-state index is 10.6. The highest BCUT2D eigenvalue weighted by atomic mass is 16.4. The van der Waals surface area contributed by atoms with Crippen molar-refractivity contribution in [3.05, 3.63) is 53.9 Å². The molecule has 1 N–H and O–H groups in total. The van der Waals surface area contributed by atoms with E-state index in [1.807, 2.05) is 12.1 Å². The zero-order valence-electron chi connectivity index (χ0n) is 8.37. The zero-order chi connectivity index (χ0) is 11.4. The van der Waals surface area contributed by atoms with E-state index in [9.17, 15) is 4.79 Å². The summed E-state index contributed by atoms with van der Waals surface area (Å²) < 4.78 is 0. The molecule has 2 rings (SSSR count). The number of aromatic carboxylic acids is 1. The van der Waals surface area contributed by atoms with Crippen LogP contribution in [0.3, 0.4) is 0 Å². The number of pyridine rings is 1. The first-order valence-corrected chi connectivity index (χ1v) is 4.69. The van der Waals surface area contributed by atoms with Gasteiger partial charge in [-0.1, -0.05) is 0 Å². The molecule has 0 aliphatic rings. The highest BCUT2D eigenvalue weighted by molar-refractivity contribution is 5.86. The van der Waals surface area contributed by atoms with Gasteiger partial charge in [-0.25, -0.2) is 14.8 Å². The molecule has 0 saturated heterocycles. The van der Waals surface area contributed by atoms with Crippen LogP contribution in [0.5, 0.6) is 0 Å². The van der Waals surface area contributed by atoms with Crippen LogP contribution in [0.4, 0.5) is 0 Å². The van der Waals surface area contributed by atoms with Gasteiger partial charge in [-0.05, 0) is 17.7 Å². The van der Waals surface area contributed by atoms with Crippen molar-refractivity contribution in [3.63, 3.8) is 0 Å². The van der Waals surface area contributed by atoms with Crippen LogP contribution in [-0.4, -0.2) is 26.0 Å². The van der Waals surface area contributed by atoms with Crippen molar-refractivity contribution >= 4 is 5.97 Å². The normalized spacial score (nSPS) is 10.0. The zero-order valence-corrected chi connectivity index (χ0v) is 8.37. The van der Waals surface area contributed by atoms with Gasteiger partial charge in [-0.3, -0.25) is 4.98 Å². The number of hydrogen-bond acceptors (Lipinski definition) is 4. The number of carboxylic acid groups (broad SMARTS) is 1. The van der Waals surface area contributed by atoms with E-state index in [1.54, 1.807) is 12.4 Å². The molecule has 0 aliphatic heterocycles. The Bertz CT molecular complexity index is 482. The SMILES string of the molecule is O=C(O)c1cnc(Cc2ccncc2)nc1. The minimum absolute atomic E-state index is 0.0958. The quantitative estimate of drug-likeness (QED) is 0.831. The molecule has 0 unspecified atom stereocenters. The van der Waals surface area contributed by atoms with Crippen LogP contribution < -0.4 is 0 Å². The van der Waals surface area contributed by atoms with Crippen molar-refractivity contribution in [3.8, 4) is 0 Å². The van der Waals surface area contributed by atoms with E-state index in [0.717, 1.165) is 5.56 Å². The molecule has 80 valence electrons. The van der Waals surface area contributed by atoms with E-state index in [4.69, 9.17) is 5.11 Å². The average molecular weight is 215 g/mol. The molecule has 0 bridgehead atoms. The number of carbonyl (C=O) groups is 1. The van der Waals surface area contributed by atoms with Crippen molar-refractivity contribution in [2.75, 3.05) is 0 Å². The van der Waals surface area contributed by atoms with Gasteiger partial charge in [0.2, 0.25) is 0 Å². The van der Waals surface area contributed by atoms with Crippen LogP contribution in [0.15, 0.2) is 36.9 Å². The smallest absolute Gasteiger partial charge is 0.338 e. The van der Waals surface area contributed by atoms with E-state index >= 15 is 0 Å². The molecule has 0 aliphatic carbocycles. The van der Waals surface area contributed by atoms with Crippen LogP contribution in [-0.2, 0) is 6.42 Å². The van der Waals surface area contributed by atoms with Gasteiger partial charge < -0.3 is 5.11 Å². The fourth-order valence-electron chi connectivity index (χ4n) is 1.24. The van der Waals surface area contributed by atoms with E-state index < -0.39 is 5.97 Å². The van der Waals surface area contributed by atoms with Gasteiger partial charge in [-0.2, -0.15) is 0 Å². The summed E-state index contributed by atoms with van der Waals surface area (Å²) >= 11 is 0. The summed E-state index contributed by atoms with van der Waals surface area (Å²) in [5, 5.41) is 8.68. The van der Waals surface area contributed by atoms with Crippen molar-refractivity contribution in [2.24, 2.45) is 0 Å². The van der Waals surface area contributed by atoms with Crippen molar-refractivity contribution < 1.29 is 9.90 Å². The van der Waals surface area contributed by atoms with Crippen LogP contribution in [0, 0.1) is 0 Å². The fraction of sp³-hybridized carbons (Fsp3) is 0.0909. The van der Waals surface area contributed by atoms with Crippen LogP contribution in [0.1, 0.15) is 21.7 Å². The van der Waals surface area contributed by atoms with Gasteiger partial charge in [0, 0.05) is 31.2 Å². The molecule has 0 aromatic carbocycles. The molecule has 0 fully saturated rings. The molecule has 2 aromatic rings. The third kappa shape index (κ3) is 2.38. The second kappa shape index (κ2) is 4.48. The molecule has 0 spiro atoms. The van der Waals surface area contributed by atoms with Gasteiger partial charge in [0.15, 0.2) is 0 Å². The second-order valence-corrected chi connectivity index (χ2v) is 3.23. The summed E-state index contributed by atoms with van der Waals surface area (Å²) in [6.45, 7) is 0. The minimum Gasteiger partial charge on any atom is -0.478 e. The Balaban J connectivity index is 2.14. The van der Waals surface area contributed by atoms with Crippen molar-refractivity contribution in [2.45, 2.75) is 6.42 Å². The van der Waals surface area contributed by atoms with Crippen LogP contribution >= 0.6 is 0 Å². The lowest BCUT2D eigenvalue weighted by atomic mass is 10.2. The van der Waals surface area contributed by atoms with Crippen LogP contribution in [0.25, 0.3) is 0 Å². The maximum absolute atomic E-state index is 10.6. The van der Waals surface area contributed by atoms with E-state index in [1.165, 1.54) is 12.4 Å². The molecule has 0 amide bonds. The van der Waals surface area contributed by atoms with E-state index in [-0.39, 0.29) is 5.56 Å². The minimum atomic E-state index is -1.02. The Morgan fingerprint density at radius 3 is 2.38 bits per heavy atom. The predicted octanol–water partition coefficient (Wildman–Crippen LogP) is 1.16. The fourth-order valence-corrected chi connectivity index (χ4v) is 1.24. The third-order valence-electron chi connectivity index (χ3n) is 2.06. The Morgan fingerprint density at radius 2 is 1.81 bits per heavy atom. The highest BCUT2D eigenvalue weighted by Gasteiger charge is 2.04. The Hall–Kier alpha value is -2.30. The van der Waals surface area contributed by atoms with Gasteiger partial charge >= 0.3 is 5.97 Å². The molecule has 2 aromatic heterocycles. The maximum Gasteiger partial charge on any atom is 0.338 e. The number of carboxylic acids is 1. The van der Waals surface area contributed by atoms with Gasteiger partial charge in [-0.15, -0.1) is 0 Å². The lowest BCUT2D eigenvalue weighted by Crippen LogP contribution is -2.02. The molecule has 16 heavy (non-hydrogen) atoms. The van der Waals surface area contributed by atoms with E-state index in [0.29, 0.717) is 12.2 Å². The summed E-state index contributed by atoms with van der Waals surface area (Å²) in [5.41, 5.74) is 1.14. The lowest BCUT2D eigenvalue weighted by molar-refractivity contribution is 0.0696. The summed E-state index contributed by atoms with van der Waals surface area (Å²) in [6, 6.07) is 3.74. The topological polar surface area (TPSA) is 76.0 Å². The monoisotopic (exact) mass is 215 g/mol. The van der Waals surface area contributed by atoms with Crippen molar-refractivity contribution in [1.29, 1.82) is 0 Å². The molecule has 0 saturated carbocycles. The average Bonchev–Trinajstić information content (AvgIpc) is 2.31. The molecular weight excluding hydrogens is 206 g/mol. The molecular formula is C11H9N3O2. The first-order valence-electron chi connectivity index (χ1n) is 4.69. The molecule has 5 heteroatoms. The number of rotatable bonds is 3. The predicted molar refractivity (Wildman–Crippen MR) is 56.0 cm³/mol. The number of nitrogens with zero attached hydrogens (tertiary/aromatic N) is 3. The summed E-state index contributed by atoms with van der Waals surface area (Å²) in [7, 11) is 0. The molecule has 5 nitrogen and oxygen atoms in total. The van der Waals surface area contributed by atoms with Crippen LogP contribution in [0.2, 0.25) is 0 Å². The number of aromatic nitrogens is 3. The second-order valence-electron chi connectivity index (χ2n) is 3.23. The van der Waals surface area contributed by atoms with Gasteiger partial charge in [0.05, 0.1) is 5.56 Å². The molecule has 2 heterocycles. The van der Waals surface area contributed by atoms with Gasteiger partial charge in [0.25, 0.3) is 0 Å². The summed E-state index contributed by atoms with van der Waals surface area (Å²) in [5.74, 6) is -0.424. The molecule has 0 atom stereocenters. The standard InChI is InChI=1S/C11H9N3O2/c15-11(16)9-6-13-10(14-7-9)5-8-1-3-12-4-2-8/h1-4,6-7H,5H2,(H,15,16). The van der Waals surface area contributed by atoms with Crippen molar-refractivity contribution in [1.82, 2.24) is 15.0 Å². The summed E-state index contributed by atoms with van der Waals surface area (Å²) in [4.78, 5) is 22.5. The Labute approximate surface area is 91.8 Å². The highest BCUT2D eigenvalue weighted by Crippen LogP contribution is 2.04. The first-order chi connectivity index (χ1) is 7.75. The lowest BCUT2D eigenvalue weighted by Gasteiger charge is -1.99.